The fourth-order valence-corrected chi connectivity index (χ4v) is 4.82. The number of hydrogen-bond donors (Lipinski definition) is 1. The van der Waals surface area contributed by atoms with Crippen molar-refractivity contribution < 1.29 is 32.2 Å². The zero-order chi connectivity index (χ0) is 27.3. The van der Waals surface area contributed by atoms with Crippen molar-refractivity contribution in [1.82, 2.24) is 0 Å². The quantitative estimate of drug-likeness (QED) is 0.216. The first-order valence-electron chi connectivity index (χ1n) is 11.8. The number of aliphatic carboxylic acids is 1. The van der Waals surface area contributed by atoms with Crippen LogP contribution in [0.1, 0.15) is 28.9 Å². The molecule has 0 aromatic heterocycles. The van der Waals surface area contributed by atoms with Crippen LogP contribution in [0.4, 0.5) is 17.6 Å². The van der Waals surface area contributed by atoms with Gasteiger partial charge in [0, 0.05) is 0 Å². The van der Waals surface area contributed by atoms with Crippen LogP contribution in [-0.4, -0.2) is 16.8 Å². The molecular weight excluding hydrogens is 516 g/mol. The highest BCUT2D eigenvalue weighted by Gasteiger charge is 2.30. The van der Waals surface area contributed by atoms with Crippen molar-refractivity contribution in [2.24, 2.45) is 0 Å². The Kier molecular flexibility index (Phi) is 8.42. The summed E-state index contributed by atoms with van der Waals surface area (Å²) < 4.78 is 58.2. The summed E-state index contributed by atoms with van der Waals surface area (Å²) in [6.07, 6.45) is -4.44. The van der Waals surface area contributed by atoms with Crippen molar-refractivity contribution in [2.75, 3.05) is 5.75 Å². The first-order chi connectivity index (χ1) is 18.2. The summed E-state index contributed by atoms with van der Waals surface area (Å²) in [5.41, 5.74) is 3.34. The van der Waals surface area contributed by atoms with E-state index in [9.17, 15) is 27.5 Å². The lowest BCUT2D eigenvalue weighted by Gasteiger charge is -2.17. The van der Waals surface area contributed by atoms with E-state index >= 15 is 0 Å². The monoisotopic (exact) mass is 540 g/mol. The van der Waals surface area contributed by atoms with Gasteiger partial charge in [0.1, 0.15) is 23.4 Å². The second-order valence-corrected chi connectivity index (χ2v) is 9.88. The summed E-state index contributed by atoms with van der Waals surface area (Å²) in [5, 5.41) is 8.97. The summed E-state index contributed by atoms with van der Waals surface area (Å²) in [6.45, 7) is 2.13. The molecule has 4 aromatic rings. The number of hydrogen-bond acceptors (Lipinski definition) is 3. The second kappa shape index (κ2) is 11.7. The van der Waals surface area contributed by atoms with Crippen molar-refractivity contribution in [1.29, 1.82) is 0 Å². The van der Waals surface area contributed by atoms with Gasteiger partial charge in [-0.25, -0.2) is 4.39 Å². The Morgan fingerprint density at radius 3 is 2.05 bits per heavy atom. The molecule has 1 N–H and O–H groups in total. The van der Waals surface area contributed by atoms with Crippen LogP contribution < -0.4 is 4.74 Å². The van der Waals surface area contributed by atoms with Crippen LogP contribution in [0.3, 0.4) is 0 Å². The van der Waals surface area contributed by atoms with Crippen LogP contribution in [0.2, 0.25) is 0 Å². The molecule has 0 fully saturated rings. The molecule has 4 aromatic carbocycles. The van der Waals surface area contributed by atoms with E-state index in [-0.39, 0.29) is 12.4 Å². The van der Waals surface area contributed by atoms with Gasteiger partial charge in [-0.3, -0.25) is 4.79 Å². The topological polar surface area (TPSA) is 46.5 Å². The highest BCUT2D eigenvalue weighted by molar-refractivity contribution is 8.00. The zero-order valence-electron chi connectivity index (χ0n) is 20.3. The van der Waals surface area contributed by atoms with Crippen LogP contribution in [-0.2, 0) is 17.6 Å². The van der Waals surface area contributed by atoms with Gasteiger partial charge in [-0.2, -0.15) is 13.2 Å². The van der Waals surface area contributed by atoms with Gasteiger partial charge < -0.3 is 9.84 Å². The molecule has 38 heavy (non-hydrogen) atoms. The van der Waals surface area contributed by atoms with Gasteiger partial charge in [0.05, 0.1) is 5.56 Å². The smallest absolute Gasteiger partial charge is 0.416 e. The van der Waals surface area contributed by atoms with Crippen LogP contribution in [0.25, 0.3) is 22.3 Å². The van der Waals surface area contributed by atoms with E-state index < -0.39 is 23.0 Å². The van der Waals surface area contributed by atoms with E-state index in [1.165, 1.54) is 36.0 Å². The van der Waals surface area contributed by atoms with E-state index in [4.69, 9.17) is 4.74 Å². The molecule has 0 spiro atoms. The van der Waals surface area contributed by atoms with Crippen molar-refractivity contribution in [3.8, 4) is 28.0 Å². The fourth-order valence-electron chi connectivity index (χ4n) is 4.01. The Morgan fingerprint density at radius 1 is 0.868 bits per heavy atom. The standard InChI is InChI=1S/C30H24F4O3S/c1-2-38-28(29(35)36)22-9-16-26(20-5-10-23(11-6-20)30(32,33)34)27(17-22)21-7-14-25(15-8-21)37-18-19-3-12-24(31)13-4-19/h3-17,28H,2,18H2,1H3,(H,35,36). The lowest BCUT2D eigenvalue weighted by atomic mass is 9.91. The normalized spacial score (nSPS) is 12.2. The number of carbonyl (C=O) groups is 1. The first-order valence-corrected chi connectivity index (χ1v) is 12.8. The second-order valence-electron chi connectivity index (χ2n) is 8.49. The largest absolute Gasteiger partial charge is 0.489 e. The van der Waals surface area contributed by atoms with Gasteiger partial charge in [0.2, 0.25) is 0 Å². The predicted molar refractivity (Wildman–Crippen MR) is 142 cm³/mol. The molecule has 0 saturated carbocycles. The van der Waals surface area contributed by atoms with Crippen LogP contribution >= 0.6 is 11.8 Å². The van der Waals surface area contributed by atoms with Crippen molar-refractivity contribution in [2.45, 2.75) is 25.0 Å². The third-order valence-electron chi connectivity index (χ3n) is 5.91. The Labute approximate surface area is 222 Å². The van der Waals surface area contributed by atoms with Gasteiger partial charge in [-0.05, 0) is 81.6 Å². The third kappa shape index (κ3) is 6.55. The molecule has 0 radical (unpaired) electrons. The molecule has 0 amide bonds. The number of carboxylic acids is 1. The molecule has 0 aliphatic heterocycles. The number of thioether (sulfide) groups is 1. The molecule has 0 aliphatic carbocycles. The molecule has 196 valence electrons. The minimum absolute atomic E-state index is 0.250. The first kappa shape index (κ1) is 27.3. The predicted octanol–water partition coefficient (Wildman–Crippen LogP) is 8.64. The lowest BCUT2D eigenvalue weighted by Crippen LogP contribution is -2.08. The Hall–Kier alpha value is -3.78. The molecule has 0 heterocycles. The van der Waals surface area contributed by atoms with E-state index in [1.807, 2.05) is 19.1 Å². The van der Waals surface area contributed by atoms with E-state index in [0.29, 0.717) is 33.8 Å². The van der Waals surface area contributed by atoms with Gasteiger partial charge in [-0.1, -0.05) is 55.5 Å². The van der Waals surface area contributed by atoms with Crippen LogP contribution in [0.15, 0.2) is 91.0 Å². The Balaban J connectivity index is 1.69. The van der Waals surface area contributed by atoms with Crippen molar-refractivity contribution in [3.63, 3.8) is 0 Å². The molecule has 1 atom stereocenters. The lowest BCUT2D eigenvalue weighted by molar-refractivity contribution is -0.138. The van der Waals surface area contributed by atoms with Gasteiger partial charge in [0.15, 0.2) is 0 Å². The maximum atomic E-state index is 13.1. The Morgan fingerprint density at radius 2 is 1.47 bits per heavy atom. The van der Waals surface area contributed by atoms with Gasteiger partial charge in [-0.15, -0.1) is 11.8 Å². The summed E-state index contributed by atoms with van der Waals surface area (Å²) in [4.78, 5) is 11.9. The molecule has 8 heteroatoms. The van der Waals surface area contributed by atoms with E-state index in [0.717, 1.165) is 23.3 Å². The molecule has 0 saturated heterocycles. The minimum atomic E-state index is -4.44. The highest BCUT2D eigenvalue weighted by atomic mass is 32.2. The number of carboxylic acid groups (broad SMARTS) is 1. The van der Waals surface area contributed by atoms with Crippen LogP contribution in [0.5, 0.6) is 5.75 Å². The SMILES string of the molecule is CCSC(C(=O)O)c1ccc(-c2ccc(C(F)(F)F)cc2)c(-c2ccc(OCc3ccc(F)cc3)cc2)c1. The molecular formula is C30H24F4O3S. The van der Waals surface area contributed by atoms with Crippen molar-refractivity contribution >= 4 is 17.7 Å². The summed E-state index contributed by atoms with van der Waals surface area (Å²) in [5.74, 6) is -0.107. The van der Waals surface area contributed by atoms with E-state index in [1.54, 1.807) is 42.5 Å². The highest BCUT2D eigenvalue weighted by Crippen LogP contribution is 2.39. The summed E-state index contributed by atoms with van der Waals surface area (Å²) in [7, 11) is 0. The third-order valence-corrected chi connectivity index (χ3v) is 7.05. The maximum absolute atomic E-state index is 13.1. The summed E-state index contributed by atoms with van der Waals surface area (Å²) >= 11 is 1.29. The van der Waals surface area contributed by atoms with Crippen LogP contribution in [0, 0.1) is 5.82 Å². The number of rotatable bonds is 9. The zero-order valence-corrected chi connectivity index (χ0v) is 21.2. The number of alkyl halides is 3. The Bertz CT molecular complexity index is 1380. The molecule has 0 aliphatic rings. The fraction of sp³-hybridized carbons (Fsp3) is 0.167. The van der Waals surface area contributed by atoms with E-state index in [2.05, 4.69) is 0 Å². The number of ether oxygens (including phenoxy) is 1. The molecule has 0 bridgehead atoms. The van der Waals surface area contributed by atoms with Gasteiger partial charge >= 0.3 is 12.1 Å². The average Bonchev–Trinajstić information content (AvgIpc) is 2.91. The minimum Gasteiger partial charge on any atom is -0.489 e. The number of benzene rings is 4. The maximum Gasteiger partial charge on any atom is 0.416 e. The molecule has 4 rings (SSSR count). The summed E-state index contributed by atoms with van der Waals surface area (Å²) in [6, 6.07) is 23.3. The van der Waals surface area contributed by atoms with Gasteiger partial charge in [0.25, 0.3) is 0 Å². The average molecular weight is 541 g/mol. The number of halogens is 4. The van der Waals surface area contributed by atoms with Crippen molar-refractivity contribution in [3.05, 3.63) is 114 Å². The molecule has 3 nitrogen and oxygen atoms in total. The molecule has 1 unspecified atom stereocenters.